The number of phosphoric acid groups is 2. The lowest BCUT2D eigenvalue weighted by atomic mass is 10.0. The fourth-order valence-electron chi connectivity index (χ4n) is 13.3. The van der Waals surface area contributed by atoms with E-state index in [0.29, 0.717) is 19.3 Å². The van der Waals surface area contributed by atoms with E-state index in [-0.39, 0.29) is 19.3 Å². The Bertz CT molecular complexity index is 2660. The Kier molecular flexibility index (Phi) is 87.6. The summed E-state index contributed by atoms with van der Waals surface area (Å²) in [6.45, 7) is 2.54. The first-order valence-corrected chi connectivity index (χ1v) is 50.5. The molecule has 0 aliphatic heterocycles. The number of allylic oxidation sites excluding steroid dienone is 22. The second-order valence-corrected chi connectivity index (χ2v) is 34.7. The smallest absolute Gasteiger partial charge is 0.463 e. The van der Waals surface area contributed by atoms with Crippen molar-refractivity contribution >= 4 is 33.6 Å². The molecule has 0 aromatic rings. The maximum atomic E-state index is 13.0. The van der Waals surface area contributed by atoms with Crippen molar-refractivity contribution in [2.75, 3.05) is 39.6 Å². The van der Waals surface area contributed by atoms with Gasteiger partial charge in [0.2, 0.25) is 0 Å². The molecule has 0 radical (unpaired) electrons. The molecular weight excluding hydrogens is 1510 g/mol. The van der Waals surface area contributed by atoms with E-state index in [1.165, 1.54) is 225 Å². The first-order chi connectivity index (χ1) is 57.2. The molecule has 16 nitrogen and oxygen atoms in total. The minimum atomic E-state index is -4.93. The lowest BCUT2D eigenvalue weighted by Crippen LogP contribution is -2.30. The average Bonchev–Trinajstić information content (AvgIpc) is 0.886. The van der Waals surface area contributed by atoms with Crippen LogP contribution in [0.4, 0.5) is 0 Å². The van der Waals surface area contributed by atoms with Crippen LogP contribution in [0.15, 0.2) is 134 Å². The van der Waals surface area contributed by atoms with E-state index in [2.05, 4.69) is 154 Å². The van der Waals surface area contributed by atoms with Gasteiger partial charge in [-0.25, -0.2) is 9.13 Å². The van der Waals surface area contributed by atoms with E-state index >= 15 is 0 Å². The van der Waals surface area contributed by atoms with Gasteiger partial charge in [-0.1, -0.05) is 418 Å². The van der Waals surface area contributed by atoms with Crippen molar-refractivity contribution in [3.05, 3.63) is 134 Å². The van der Waals surface area contributed by atoms with E-state index in [1.807, 2.05) is 0 Å². The summed E-state index contributed by atoms with van der Waals surface area (Å²) in [5.41, 5.74) is 0. The van der Waals surface area contributed by atoms with Crippen LogP contribution in [0.2, 0.25) is 0 Å². The van der Waals surface area contributed by atoms with Crippen LogP contribution in [0, 0.1) is 0 Å². The molecule has 676 valence electrons. The monoisotopic (exact) mass is 1680 g/mol. The van der Waals surface area contributed by atoms with Crippen LogP contribution in [0.1, 0.15) is 419 Å². The summed E-state index contributed by atoms with van der Waals surface area (Å²) >= 11 is 0. The molecule has 4 N–H and O–H groups in total. The molecule has 0 aliphatic rings. The van der Waals surface area contributed by atoms with Crippen LogP contribution in [-0.4, -0.2) is 95.9 Å². The predicted octanol–water partition coefficient (Wildman–Crippen LogP) is 29.3. The molecule has 0 amide bonds. The standard InChI is InChI=1S/C99H174O16P2/c1-4-7-10-13-16-19-22-25-28-30-32-34-36-38-40-42-44-45-46-47-49-51-52-54-56-58-60-62-65-67-70-73-76-79-82-85-97(102)109-88-94(100)89-111-116(105,106)112-90-95(101)91-113-117(107,108)114-93-96(115-99(104)87-84-81-78-75-72-69-64-27-24-21-18-15-12-9-6-3)92-110-98(103)86-83-80-77-74-71-68-66-63-61-59-57-55-53-50-48-43-41-39-37-35-33-31-29-26-23-20-17-14-11-8-5-2/h7-8,10-11,16-17,19-20,25-26,28-29,32-35,38-41,44-45,94-96,100-101H,4-6,9,12-15,18,21-24,27,30-31,36-37,42-43,46-93H2,1-3H3,(H,105,106)(H,107,108)/b10-7-,11-8-,19-16-,20-17-,28-25-,29-26-,34-32-,35-33-,40-38-,41-39-,45-44-. The minimum absolute atomic E-state index is 0.109. The number of esters is 3. The number of aliphatic hydroxyl groups is 2. The molecule has 5 atom stereocenters. The highest BCUT2D eigenvalue weighted by atomic mass is 31.2. The Labute approximate surface area is 715 Å². The summed E-state index contributed by atoms with van der Waals surface area (Å²) < 4.78 is 61.5. The van der Waals surface area contributed by atoms with Gasteiger partial charge in [0.1, 0.15) is 25.4 Å². The molecule has 0 spiro atoms. The molecule has 0 saturated heterocycles. The Morgan fingerprint density at radius 2 is 0.453 bits per heavy atom. The van der Waals surface area contributed by atoms with Gasteiger partial charge in [0.05, 0.1) is 26.4 Å². The van der Waals surface area contributed by atoms with Crippen LogP contribution >= 0.6 is 15.6 Å². The van der Waals surface area contributed by atoms with Gasteiger partial charge in [0, 0.05) is 19.3 Å². The van der Waals surface area contributed by atoms with Gasteiger partial charge >= 0.3 is 33.6 Å². The summed E-state index contributed by atoms with van der Waals surface area (Å²) in [6.07, 6.45) is 114. The van der Waals surface area contributed by atoms with Gasteiger partial charge in [-0.15, -0.1) is 0 Å². The fourth-order valence-corrected chi connectivity index (χ4v) is 14.8. The van der Waals surface area contributed by atoms with E-state index in [0.717, 1.165) is 135 Å². The lowest BCUT2D eigenvalue weighted by molar-refractivity contribution is -0.161. The normalized spacial score (nSPS) is 14.4. The highest BCUT2D eigenvalue weighted by molar-refractivity contribution is 7.47. The van der Waals surface area contributed by atoms with Crippen molar-refractivity contribution in [3.8, 4) is 0 Å². The minimum Gasteiger partial charge on any atom is -0.463 e. The molecule has 0 bridgehead atoms. The van der Waals surface area contributed by atoms with Crippen molar-refractivity contribution in [2.45, 2.75) is 437 Å². The summed E-state index contributed by atoms with van der Waals surface area (Å²) in [5, 5.41) is 20.7. The van der Waals surface area contributed by atoms with E-state index < -0.39 is 91.5 Å². The summed E-state index contributed by atoms with van der Waals surface area (Å²) in [4.78, 5) is 59.0. The van der Waals surface area contributed by atoms with Gasteiger partial charge < -0.3 is 34.2 Å². The second kappa shape index (κ2) is 90.9. The highest BCUT2D eigenvalue weighted by Crippen LogP contribution is 2.45. The Morgan fingerprint density at radius 1 is 0.248 bits per heavy atom. The Balaban J connectivity index is 4.41. The average molecular weight is 1680 g/mol. The number of aliphatic hydroxyl groups excluding tert-OH is 2. The van der Waals surface area contributed by atoms with E-state index in [4.69, 9.17) is 32.3 Å². The summed E-state index contributed by atoms with van der Waals surface area (Å²) in [6, 6.07) is 0. The fraction of sp³-hybridized carbons (Fsp3) is 0.747. The first kappa shape index (κ1) is 113. The lowest BCUT2D eigenvalue weighted by Gasteiger charge is -2.21. The molecular formula is C99H174O16P2. The number of phosphoric ester groups is 2. The quantitative estimate of drug-likeness (QED) is 0.0146. The number of hydrogen-bond donors (Lipinski definition) is 4. The van der Waals surface area contributed by atoms with E-state index in [9.17, 15) is 43.5 Å². The first-order valence-electron chi connectivity index (χ1n) is 47.5. The van der Waals surface area contributed by atoms with Crippen molar-refractivity contribution in [3.63, 3.8) is 0 Å². The third-order valence-electron chi connectivity index (χ3n) is 20.4. The van der Waals surface area contributed by atoms with Crippen molar-refractivity contribution < 1.29 is 75.8 Å². The number of carbonyl (C=O) groups is 3. The van der Waals surface area contributed by atoms with Crippen LogP contribution in [-0.2, 0) is 55.8 Å². The van der Waals surface area contributed by atoms with E-state index in [1.54, 1.807) is 0 Å². The van der Waals surface area contributed by atoms with Gasteiger partial charge in [-0.2, -0.15) is 0 Å². The number of carbonyl (C=O) groups excluding carboxylic acids is 3. The third-order valence-corrected chi connectivity index (χ3v) is 22.3. The predicted molar refractivity (Wildman–Crippen MR) is 491 cm³/mol. The van der Waals surface area contributed by atoms with Gasteiger partial charge in [-0.05, 0) is 116 Å². The zero-order valence-corrected chi connectivity index (χ0v) is 76.4. The van der Waals surface area contributed by atoms with Crippen LogP contribution in [0.25, 0.3) is 0 Å². The molecule has 0 aromatic heterocycles. The maximum absolute atomic E-state index is 13.0. The van der Waals surface area contributed by atoms with Gasteiger partial charge in [0.25, 0.3) is 0 Å². The molecule has 117 heavy (non-hydrogen) atoms. The third kappa shape index (κ3) is 92.3. The second-order valence-electron chi connectivity index (χ2n) is 31.8. The Hall–Kier alpha value is -4.31. The molecule has 0 aliphatic carbocycles. The maximum Gasteiger partial charge on any atom is 0.472 e. The van der Waals surface area contributed by atoms with Crippen molar-refractivity contribution in [2.24, 2.45) is 0 Å². The molecule has 0 heterocycles. The molecule has 0 rings (SSSR count). The topological polar surface area (TPSA) is 231 Å². The van der Waals surface area contributed by atoms with Gasteiger partial charge in [-0.3, -0.25) is 32.5 Å². The summed E-state index contributed by atoms with van der Waals surface area (Å²) in [5.74, 6) is -1.55. The van der Waals surface area contributed by atoms with Gasteiger partial charge in [0.15, 0.2) is 6.10 Å². The number of rotatable bonds is 90. The zero-order chi connectivity index (χ0) is 85.1. The molecule has 5 unspecified atom stereocenters. The van der Waals surface area contributed by atoms with Crippen molar-refractivity contribution in [1.82, 2.24) is 0 Å². The molecule has 0 saturated carbocycles. The largest absolute Gasteiger partial charge is 0.472 e. The number of unbranched alkanes of at least 4 members (excludes halogenated alkanes) is 45. The molecule has 18 heteroatoms. The highest BCUT2D eigenvalue weighted by Gasteiger charge is 2.30. The van der Waals surface area contributed by atoms with Crippen LogP contribution < -0.4 is 0 Å². The molecule has 0 aromatic carbocycles. The zero-order valence-electron chi connectivity index (χ0n) is 74.6. The SMILES string of the molecule is CC/C=C\C/C=C\C/C=C\C/C=C\C/C=C\C/C=C\CCCCCCCCCCCCCCCCCCC(=O)OCC(O)COP(=O)(O)OCC(O)COP(=O)(O)OCC(COC(=O)CCCCCCCCCCCCCCCCC/C=C\C/C=C\C/C=C\C/C=C\C/C=C\CC)OC(=O)CCCCCCCCCCCCCCCCC. The van der Waals surface area contributed by atoms with Crippen LogP contribution in [0.5, 0.6) is 0 Å². The summed E-state index contributed by atoms with van der Waals surface area (Å²) in [7, 11) is -9.79. The number of ether oxygens (including phenoxy) is 3. The van der Waals surface area contributed by atoms with Crippen molar-refractivity contribution in [1.29, 1.82) is 0 Å². The Morgan fingerprint density at radius 3 is 0.718 bits per heavy atom. The van der Waals surface area contributed by atoms with Crippen LogP contribution in [0.3, 0.4) is 0 Å². The number of hydrogen-bond acceptors (Lipinski definition) is 14. The molecule has 0 fully saturated rings.